The van der Waals surface area contributed by atoms with E-state index in [0.717, 1.165) is 17.7 Å². The second-order valence-corrected chi connectivity index (χ2v) is 6.90. The molecule has 0 spiro atoms. The molecular weight excluding hydrogens is 343 g/mol. The first kappa shape index (κ1) is 18.6. The quantitative estimate of drug-likeness (QED) is 0.734. The highest BCUT2D eigenvalue weighted by Crippen LogP contribution is 2.15. The highest BCUT2D eigenvalue weighted by Gasteiger charge is 2.27. The lowest BCUT2D eigenvalue weighted by molar-refractivity contribution is -0.122. The highest BCUT2D eigenvalue weighted by atomic mass is 32.2. The van der Waals surface area contributed by atoms with Crippen molar-refractivity contribution in [3.8, 4) is 12.3 Å². The molecule has 1 atom stereocenters. The Hall–Kier alpha value is -2.69. The largest absolute Gasteiger partial charge is 0.344 e. The van der Waals surface area contributed by atoms with Gasteiger partial charge in [0, 0.05) is 0 Å². The lowest BCUT2D eigenvalue weighted by Gasteiger charge is -2.18. The van der Waals surface area contributed by atoms with Gasteiger partial charge in [-0.15, -0.1) is 6.42 Å². The van der Waals surface area contributed by atoms with E-state index in [1.807, 2.05) is 0 Å². The summed E-state index contributed by atoms with van der Waals surface area (Å²) in [5, 5.41) is 2.45. The lowest BCUT2D eigenvalue weighted by atomic mass is 10.1. The van der Waals surface area contributed by atoms with E-state index in [1.165, 1.54) is 12.1 Å². The summed E-state index contributed by atoms with van der Waals surface area (Å²) in [6.07, 6.45) is 5.22. The number of carbonyl (C=O) groups is 1. The van der Waals surface area contributed by atoms with Crippen LogP contribution < -0.4 is 10.0 Å². The molecular formula is C18H17FN2O3S. The standard InChI is InChI=1S/C18H17FN2O3S/c1-2-12-20-18(22)16(13-14-8-4-3-5-9-14)21-25(23,24)17-11-7-6-10-15(17)19/h1,3-11,16,21H,12-13H2,(H,20,22). The topological polar surface area (TPSA) is 75.3 Å². The molecule has 2 rings (SSSR count). The monoisotopic (exact) mass is 360 g/mol. The summed E-state index contributed by atoms with van der Waals surface area (Å²) in [5.41, 5.74) is 0.750. The Labute approximate surface area is 146 Å². The summed E-state index contributed by atoms with van der Waals surface area (Å²) in [5.74, 6) is 0.779. The van der Waals surface area contributed by atoms with Gasteiger partial charge >= 0.3 is 0 Å². The minimum atomic E-state index is -4.22. The Morgan fingerprint density at radius 1 is 1.12 bits per heavy atom. The van der Waals surface area contributed by atoms with Crippen molar-refractivity contribution in [2.45, 2.75) is 17.4 Å². The van der Waals surface area contributed by atoms with Gasteiger partial charge in [0.1, 0.15) is 16.8 Å². The van der Waals surface area contributed by atoms with Gasteiger partial charge in [0.25, 0.3) is 0 Å². The van der Waals surface area contributed by atoms with E-state index in [9.17, 15) is 17.6 Å². The van der Waals surface area contributed by atoms with E-state index in [1.54, 1.807) is 30.3 Å². The molecule has 2 aromatic rings. The van der Waals surface area contributed by atoms with E-state index in [4.69, 9.17) is 6.42 Å². The summed E-state index contributed by atoms with van der Waals surface area (Å²) >= 11 is 0. The summed E-state index contributed by atoms with van der Waals surface area (Å²) in [7, 11) is -4.22. The maximum atomic E-state index is 13.8. The minimum Gasteiger partial charge on any atom is -0.344 e. The highest BCUT2D eigenvalue weighted by molar-refractivity contribution is 7.89. The van der Waals surface area contributed by atoms with Crippen LogP contribution in [-0.4, -0.2) is 26.9 Å². The molecule has 1 unspecified atom stereocenters. The third kappa shape index (κ3) is 5.14. The number of halogens is 1. The van der Waals surface area contributed by atoms with Crippen LogP contribution >= 0.6 is 0 Å². The average molecular weight is 360 g/mol. The van der Waals surface area contributed by atoms with Gasteiger partial charge in [0.15, 0.2) is 0 Å². The van der Waals surface area contributed by atoms with Crippen LogP contribution in [0.5, 0.6) is 0 Å². The van der Waals surface area contributed by atoms with E-state index in [-0.39, 0.29) is 13.0 Å². The molecule has 2 aromatic carbocycles. The van der Waals surface area contributed by atoms with Gasteiger partial charge in [0.05, 0.1) is 6.54 Å². The van der Waals surface area contributed by atoms with Crippen molar-refractivity contribution in [3.63, 3.8) is 0 Å². The Morgan fingerprint density at radius 3 is 2.40 bits per heavy atom. The van der Waals surface area contributed by atoms with Crippen molar-refractivity contribution in [2.75, 3.05) is 6.54 Å². The molecule has 0 bridgehead atoms. The fourth-order valence-corrected chi connectivity index (χ4v) is 3.49. The lowest BCUT2D eigenvalue weighted by Crippen LogP contribution is -2.48. The molecule has 0 aliphatic heterocycles. The minimum absolute atomic E-state index is 0.0362. The SMILES string of the molecule is C#CCNC(=O)C(Cc1ccccc1)NS(=O)(=O)c1ccccc1F. The predicted molar refractivity (Wildman–Crippen MR) is 92.5 cm³/mol. The van der Waals surface area contributed by atoms with E-state index < -0.39 is 32.7 Å². The summed E-state index contributed by atoms with van der Waals surface area (Å²) < 4.78 is 41.0. The number of benzene rings is 2. The predicted octanol–water partition coefficient (Wildman–Crippen LogP) is 1.46. The number of hydrogen-bond donors (Lipinski definition) is 2. The van der Waals surface area contributed by atoms with Crippen molar-refractivity contribution < 1.29 is 17.6 Å². The second-order valence-electron chi connectivity index (χ2n) is 5.22. The van der Waals surface area contributed by atoms with Crippen molar-refractivity contribution in [1.29, 1.82) is 0 Å². The fourth-order valence-electron chi connectivity index (χ4n) is 2.21. The number of terminal acetylenes is 1. The number of rotatable bonds is 7. The zero-order chi connectivity index (χ0) is 18.3. The zero-order valence-electron chi connectivity index (χ0n) is 13.3. The summed E-state index contributed by atoms with van der Waals surface area (Å²) in [6.45, 7) is -0.0362. The van der Waals surface area contributed by atoms with Gasteiger partial charge in [-0.1, -0.05) is 48.4 Å². The molecule has 0 heterocycles. The molecule has 5 nitrogen and oxygen atoms in total. The van der Waals surface area contributed by atoms with Crippen LogP contribution in [0.25, 0.3) is 0 Å². The average Bonchev–Trinajstić information content (AvgIpc) is 2.60. The van der Waals surface area contributed by atoms with Crippen LogP contribution in [0.4, 0.5) is 4.39 Å². The molecule has 0 aliphatic carbocycles. The normalized spacial score (nSPS) is 12.2. The van der Waals surface area contributed by atoms with Crippen LogP contribution in [0.1, 0.15) is 5.56 Å². The summed E-state index contributed by atoms with van der Waals surface area (Å²) in [6, 6.07) is 12.7. The van der Waals surface area contributed by atoms with Gasteiger partial charge in [0.2, 0.25) is 15.9 Å². The smallest absolute Gasteiger partial charge is 0.244 e. The Bertz CT molecular complexity index is 877. The van der Waals surface area contributed by atoms with Gasteiger partial charge in [-0.2, -0.15) is 4.72 Å². The molecule has 0 radical (unpaired) electrons. The van der Waals surface area contributed by atoms with Crippen molar-refractivity contribution in [1.82, 2.24) is 10.0 Å². The number of sulfonamides is 1. The van der Waals surface area contributed by atoms with Crippen LogP contribution in [0.3, 0.4) is 0 Å². The van der Waals surface area contributed by atoms with E-state index >= 15 is 0 Å². The molecule has 0 fully saturated rings. The maximum absolute atomic E-state index is 13.8. The van der Waals surface area contributed by atoms with Gasteiger partial charge in [-0.3, -0.25) is 4.79 Å². The van der Waals surface area contributed by atoms with E-state index in [2.05, 4.69) is 16.0 Å². The first-order valence-electron chi connectivity index (χ1n) is 7.46. The van der Waals surface area contributed by atoms with Crippen molar-refractivity contribution in [3.05, 3.63) is 66.0 Å². The van der Waals surface area contributed by atoms with Crippen LogP contribution in [0.2, 0.25) is 0 Å². The first-order chi connectivity index (χ1) is 11.9. The molecule has 7 heteroatoms. The Morgan fingerprint density at radius 2 is 1.76 bits per heavy atom. The maximum Gasteiger partial charge on any atom is 0.244 e. The molecule has 0 aromatic heterocycles. The van der Waals surface area contributed by atoms with Gasteiger partial charge in [-0.05, 0) is 24.1 Å². The molecule has 130 valence electrons. The molecule has 25 heavy (non-hydrogen) atoms. The van der Waals surface area contributed by atoms with Crippen molar-refractivity contribution in [2.24, 2.45) is 0 Å². The third-order valence-corrected chi connectivity index (χ3v) is 4.89. The van der Waals surface area contributed by atoms with Gasteiger partial charge < -0.3 is 5.32 Å². The molecule has 1 amide bonds. The van der Waals surface area contributed by atoms with Crippen molar-refractivity contribution >= 4 is 15.9 Å². The number of amides is 1. The number of carbonyl (C=O) groups excluding carboxylic acids is 1. The molecule has 0 saturated carbocycles. The number of nitrogens with one attached hydrogen (secondary N) is 2. The van der Waals surface area contributed by atoms with Gasteiger partial charge in [-0.25, -0.2) is 12.8 Å². The van der Waals surface area contributed by atoms with Crippen LogP contribution in [-0.2, 0) is 21.2 Å². The Balaban J connectivity index is 2.27. The molecule has 0 saturated heterocycles. The molecule has 0 aliphatic rings. The fraction of sp³-hybridized carbons (Fsp3) is 0.167. The van der Waals surface area contributed by atoms with Crippen LogP contribution in [0, 0.1) is 18.2 Å². The van der Waals surface area contributed by atoms with Crippen LogP contribution in [0.15, 0.2) is 59.5 Å². The van der Waals surface area contributed by atoms with E-state index in [0.29, 0.717) is 0 Å². The Kier molecular flexibility index (Phi) is 6.28. The summed E-state index contributed by atoms with van der Waals surface area (Å²) in [4.78, 5) is 11.8. The first-order valence-corrected chi connectivity index (χ1v) is 8.94. The molecule has 2 N–H and O–H groups in total. The third-order valence-electron chi connectivity index (χ3n) is 3.39. The number of hydrogen-bond acceptors (Lipinski definition) is 3. The zero-order valence-corrected chi connectivity index (χ0v) is 14.1. The second kappa shape index (κ2) is 8.42.